The standard InChI is InChI=1S/C15H13N3O3/c16-18-17-10-2-1-3-11-4-6-12(7-5-11)13-8-9-14(21-13)15(19)20/h1,3-9H,2,10H2,(H,19,20). The third-order valence-electron chi connectivity index (χ3n) is 2.78. The van der Waals surface area contributed by atoms with E-state index in [4.69, 9.17) is 15.1 Å². The molecule has 106 valence electrons. The SMILES string of the molecule is [N-]=[N+]=NCCC=Cc1ccc(-c2ccc(C(=O)O)o2)cc1. The van der Waals surface area contributed by atoms with Gasteiger partial charge in [0.05, 0.1) is 0 Å². The van der Waals surface area contributed by atoms with E-state index >= 15 is 0 Å². The molecule has 0 aliphatic carbocycles. The highest BCUT2D eigenvalue weighted by atomic mass is 16.4. The molecule has 0 bridgehead atoms. The Hall–Kier alpha value is -2.98. The molecule has 2 rings (SSSR count). The van der Waals surface area contributed by atoms with Crippen LogP contribution >= 0.6 is 0 Å². The van der Waals surface area contributed by atoms with Crippen LogP contribution in [-0.4, -0.2) is 17.6 Å². The molecule has 1 aromatic carbocycles. The highest BCUT2D eigenvalue weighted by Gasteiger charge is 2.09. The minimum atomic E-state index is -1.08. The Balaban J connectivity index is 2.04. The number of carboxylic acid groups (broad SMARTS) is 1. The van der Waals surface area contributed by atoms with Crippen molar-refractivity contribution < 1.29 is 14.3 Å². The van der Waals surface area contributed by atoms with Crippen LogP contribution in [0.15, 0.2) is 52.0 Å². The smallest absolute Gasteiger partial charge is 0.371 e. The number of nitrogens with zero attached hydrogens (tertiary/aromatic N) is 3. The van der Waals surface area contributed by atoms with E-state index in [1.165, 1.54) is 6.07 Å². The molecule has 21 heavy (non-hydrogen) atoms. The average molecular weight is 283 g/mol. The Morgan fingerprint density at radius 3 is 2.67 bits per heavy atom. The molecule has 1 N–H and O–H groups in total. The van der Waals surface area contributed by atoms with E-state index in [1.807, 2.05) is 36.4 Å². The summed E-state index contributed by atoms with van der Waals surface area (Å²) in [4.78, 5) is 13.4. The molecule has 1 aromatic heterocycles. The number of carboxylic acids is 1. The van der Waals surface area contributed by atoms with Crippen molar-refractivity contribution in [2.75, 3.05) is 6.54 Å². The molecule has 0 saturated carbocycles. The zero-order chi connectivity index (χ0) is 15.1. The van der Waals surface area contributed by atoms with Crippen LogP contribution in [0.4, 0.5) is 0 Å². The van der Waals surface area contributed by atoms with Gasteiger partial charge in [-0.3, -0.25) is 0 Å². The summed E-state index contributed by atoms with van der Waals surface area (Å²) in [5.41, 5.74) is 9.96. The Morgan fingerprint density at radius 1 is 1.29 bits per heavy atom. The van der Waals surface area contributed by atoms with Crippen LogP contribution in [0, 0.1) is 0 Å². The summed E-state index contributed by atoms with van der Waals surface area (Å²) in [6.45, 7) is 0.440. The maximum absolute atomic E-state index is 10.8. The Morgan fingerprint density at radius 2 is 2.05 bits per heavy atom. The molecule has 0 saturated heterocycles. The fourth-order valence-corrected chi connectivity index (χ4v) is 1.76. The third kappa shape index (κ3) is 3.99. The summed E-state index contributed by atoms with van der Waals surface area (Å²) in [6, 6.07) is 10.6. The van der Waals surface area contributed by atoms with Gasteiger partial charge in [0, 0.05) is 17.0 Å². The lowest BCUT2D eigenvalue weighted by molar-refractivity contribution is 0.0663. The molecule has 0 fully saturated rings. The first-order chi connectivity index (χ1) is 10.2. The second-order valence-corrected chi connectivity index (χ2v) is 4.24. The van der Waals surface area contributed by atoms with Gasteiger partial charge in [0.1, 0.15) is 5.76 Å². The van der Waals surface area contributed by atoms with E-state index in [-0.39, 0.29) is 5.76 Å². The zero-order valence-electron chi connectivity index (χ0n) is 11.1. The van der Waals surface area contributed by atoms with Gasteiger partial charge in [0.15, 0.2) is 0 Å². The fraction of sp³-hybridized carbons (Fsp3) is 0.133. The average Bonchev–Trinajstić information content (AvgIpc) is 2.98. The van der Waals surface area contributed by atoms with E-state index in [2.05, 4.69) is 10.0 Å². The molecule has 0 aliphatic heterocycles. The Bertz CT molecular complexity index is 695. The van der Waals surface area contributed by atoms with Crippen LogP contribution in [0.2, 0.25) is 0 Å². The van der Waals surface area contributed by atoms with E-state index in [1.54, 1.807) is 6.07 Å². The summed E-state index contributed by atoms with van der Waals surface area (Å²) < 4.78 is 5.23. The molecule has 0 atom stereocenters. The predicted molar refractivity (Wildman–Crippen MR) is 78.8 cm³/mol. The molecule has 2 aromatic rings. The van der Waals surface area contributed by atoms with E-state index in [9.17, 15) is 4.79 Å². The van der Waals surface area contributed by atoms with Crippen LogP contribution in [0.5, 0.6) is 0 Å². The number of carbonyl (C=O) groups is 1. The minimum Gasteiger partial charge on any atom is -0.475 e. The van der Waals surface area contributed by atoms with Gasteiger partial charge in [0.25, 0.3) is 0 Å². The van der Waals surface area contributed by atoms with Crippen LogP contribution in [-0.2, 0) is 0 Å². The van der Waals surface area contributed by atoms with Crippen LogP contribution < -0.4 is 0 Å². The van der Waals surface area contributed by atoms with E-state index in [0.29, 0.717) is 18.7 Å². The van der Waals surface area contributed by atoms with E-state index in [0.717, 1.165) is 11.1 Å². The van der Waals surface area contributed by atoms with Gasteiger partial charge in [-0.15, -0.1) is 0 Å². The number of aromatic carboxylic acids is 1. The number of hydrogen-bond donors (Lipinski definition) is 1. The Kier molecular flexibility index (Phi) is 4.79. The van der Waals surface area contributed by atoms with Crippen molar-refractivity contribution in [3.63, 3.8) is 0 Å². The molecule has 0 spiro atoms. The lowest BCUT2D eigenvalue weighted by atomic mass is 10.1. The van der Waals surface area contributed by atoms with Crippen LogP contribution in [0.3, 0.4) is 0 Å². The quantitative estimate of drug-likeness (QED) is 0.369. The van der Waals surface area contributed by atoms with Crippen molar-refractivity contribution in [1.82, 2.24) is 0 Å². The summed E-state index contributed by atoms with van der Waals surface area (Å²) in [7, 11) is 0. The van der Waals surface area contributed by atoms with Gasteiger partial charge < -0.3 is 9.52 Å². The highest BCUT2D eigenvalue weighted by Crippen LogP contribution is 2.23. The topological polar surface area (TPSA) is 99.2 Å². The van der Waals surface area contributed by atoms with Gasteiger partial charge in [-0.2, -0.15) is 0 Å². The number of benzene rings is 1. The molecule has 0 aliphatic rings. The number of hydrogen-bond acceptors (Lipinski definition) is 3. The van der Waals surface area contributed by atoms with Gasteiger partial charge in [-0.1, -0.05) is 41.5 Å². The molecule has 6 nitrogen and oxygen atoms in total. The first-order valence-electron chi connectivity index (χ1n) is 6.31. The Labute approximate surface area is 121 Å². The molecular weight excluding hydrogens is 270 g/mol. The van der Waals surface area contributed by atoms with Gasteiger partial charge in [-0.05, 0) is 29.6 Å². The largest absolute Gasteiger partial charge is 0.475 e. The summed E-state index contributed by atoms with van der Waals surface area (Å²) in [5.74, 6) is -0.640. The lowest BCUT2D eigenvalue weighted by Crippen LogP contribution is -1.91. The number of furan rings is 1. The van der Waals surface area contributed by atoms with Crippen molar-refractivity contribution in [2.24, 2.45) is 5.11 Å². The van der Waals surface area contributed by atoms with Crippen LogP contribution in [0.1, 0.15) is 22.5 Å². The summed E-state index contributed by atoms with van der Waals surface area (Å²) in [6.07, 6.45) is 4.55. The lowest BCUT2D eigenvalue weighted by Gasteiger charge is -1.98. The van der Waals surface area contributed by atoms with Crippen molar-refractivity contribution in [3.05, 3.63) is 64.2 Å². The van der Waals surface area contributed by atoms with E-state index < -0.39 is 5.97 Å². The first-order valence-corrected chi connectivity index (χ1v) is 6.31. The molecule has 0 unspecified atom stereocenters. The van der Waals surface area contributed by atoms with Crippen molar-refractivity contribution in [3.8, 4) is 11.3 Å². The molecular formula is C15H13N3O3. The summed E-state index contributed by atoms with van der Waals surface area (Å²) in [5, 5.41) is 12.3. The van der Waals surface area contributed by atoms with Gasteiger partial charge >= 0.3 is 5.97 Å². The zero-order valence-corrected chi connectivity index (χ0v) is 11.1. The molecule has 6 heteroatoms. The van der Waals surface area contributed by atoms with Crippen molar-refractivity contribution in [2.45, 2.75) is 6.42 Å². The third-order valence-corrected chi connectivity index (χ3v) is 2.78. The maximum atomic E-state index is 10.8. The molecule has 0 amide bonds. The van der Waals surface area contributed by atoms with Gasteiger partial charge in [-0.25, -0.2) is 4.79 Å². The van der Waals surface area contributed by atoms with Crippen molar-refractivity contribution in [1.29, 1.82) is 0 Å². The second-order valence-electron chi connectivity index (χ2n) is 4.24. The molecule has 0 radical (unpaired) electrons. The minimum absolute atomic E-state index is 0.0768. The number of rotatable bonds is 6. The maximum Gasteiger partial charge on any atom is 0.371 e. The highest BCUT2D eigenvalue weighted by molar-refractivity contribution is 5.85. The number of azide groups is 1. The summed E-state index contributed by atoms with van der Waals surface area (Å²) >= 11 is 0. The van der Waals surface area contributed by atoms with Crippen molar-refractivity contribution >= 4 is 12.0 Å². The molecule has 1 heterocycles. The van der Waals surface area contributed by atoms with Gasteiger partial charge in [0.2, 0.25) is 5.76 Å². The van der Waals surface area contributed by atoms with Crippen LogP contribution in [0.25, 0.3) is 27.8 Å². The fourth-order valence-electron chi connectivity index (χ4n) is 1.76. The predicted octanol–water partition coefficient (Wildman–Crippen LogP) is 4.36. The normalized spacial score (nSPS) is 10.5. The second kappa shape index (κ2) is 6.98. The monoisotopic (exact) mass is 283 g/mol. The first kappa shape index (κ1) is 14.4.